The molecule has 0 saturated carbocycles. The standard InChI is InChI=1S/C18H18N8O/c1-3-15(4-2-13(1)25-12-20-10-24-25)27-18-16-9-23-26(17(16)21-11-22-18)14-5-7-19-8-6-14/h1-4,9-12,14,19H,5-8H2. The van der Waals surface area contributed by atoms with Crippen LogP contribution in [0.3, 0.4) is 0 Å². The maximum atomic E-state index is 6.00. The third-order valence-corrected chi connectivity index (χ3v) is 4.74. The molecule has 27 heavy (non-hydrogen) atoms. The van der Waals surface area contributed by atoms with Crippen molar-refractivity contribution in [3.63, 3.8) is 0 Å². The maximum Gasteiger partial charge on any atom is 0.233 e. The summed E-state index contributed by atoms with van der Waals surface area (Å²) in [6, 6.07) is 7.94. The summed E-state index contributed by atoms with van der Waals surface area (Å²) < 4.78 is 9.69. The number of nitrogens with zero attached hydrogens (tertiary/aromatic N) is 7. The first-order valence-electron chi connectivity index (χ1n) is 8.90. The molecule has 1 N–H and O–H groups in total. The molecule has 0 bridgehead atoms. The molecular formula is C18H18N8O. The number of aromatic nitrogens is 7. The van der Waals surface area contributed by atoms with Crippen LogP contribution in [0.2, 0.25) is 0 Å². The van der Waals surface area contributed by atoms with Crippen LogP contribution >= 0.6 is 0 Å². The van der Waals surface area contributed by atoms with Gasteiger partial charge in [-0.3, -0.25) is 0 Å². The van der Waals surface area contributed by atoms with E-state index in [2.05, 4.69) is 30.5 Å². The van der Waals surface area contributed by atoms with E-state index in [1.165, 1.54) is 12.7 Å². The van der Waals surface area contributed by atoms with Crippen molar-refractivity contribution < 1.29 is 4.74 Å². The second-order valence-corrected chi connectivity index (χ2v) is 6.42. The highest BCUT2D eigenvalue weighted by atomic mass is 16.5. The van der Waals surface area contributed by atoms with Crippen molar-refractivity contribution in [1.29, 1.82) is 0 Å². The first-order chi connectivity index (χ1) is 13.4. The van der Waals surface area contributed by atoms with Crippen molar-refractivity contribution in [2.45, 2.75) is 18.9 Å². The molecule has 1 aliphatic heterocycles. The van der Waals surface area contributed by atoms with Crippen molar-refractivity contribution in [2.75, 3.05) is 13.1 Å². The SMILES string of the molecule is c1nc(Oc2ccc(-n3cncn3)cc2)c2cnn(C3CCNCC3)c2n1. The van der Waals surface area contributed by atoms with Crippen molar-refractivity contribution in [3.05, 3.63) is 49.4 Å². The molecule has 0 radical (unpaired) electrons. The molecule has 9 heteroatoms. The molecular weight excluding hydrogens is 344 g/mol. The van der Waals surface area contributed by atoms with Gasteiger partial charge in [0.2, 0.25) is 5.88 Å². The number of piperidine rings is 1. The summed E-state index contributed by atoms with van der Waals surface area (Å²) in [5.74, 6) is 1.20. The van der Waals surface area contributed by atoms with E-state index < -0.39 is 0 Å². The number of fused-ring (bicyclic) bond motifs is 1. The number of hydrogen-bond acceptors (Lipinski definition) is 7. The van der Waals surface area contributed by atoms with Gasteiger partial charge in [0.15, 0.2) is 5.65 Å². The Morgan fingerprint density at radius 1 is 1.00 bits per heavy atom. The number of nitrogens with one attached hydrogen (secondary N) is 1. The zero-order valence-corrected chi connectivity index (χ0v) is 14.6. The molecule has 0 amide bonds. The largest absolute Gasteiger partial charge is 0.438 e. The van der Waals surface area contributed by atoms with Crippen molar-refractivity contribution in [3.8, 4) is 17.3 Å². The summed E-state index contributed by atoms with van der Waals surface area (Å²) in [5.41, 5.74) is 1.72. The van der Waals surface area contributed by atoms with E-state index in [-0.39, 0.29) is 0 Å². The lowest BCUT2D eigenvalue weighted by atomic mass is 10.1. The average Bonchev–Trinajstić information content (AvgIpc) is 3.40. The molecule has 9 nitrogen and oxygen atoms in total. The summed E-state index contributed by atoms with van der Waals surface area (Å²) in [5, 5.41) is 12.9. The van der Waals surface area contributed by atoms with Gasteiger partial charge >= 0.3 is 0 Å². The van der Waals surface area contributed by atoms with Crippen LogP contribution in [0, 0.1) is 0 Å². The molecule has 3 aromatic heterocycles. The van der Waals surface area contributed by atoms with Gasteiger partial charge in [-0.25, -0.2) is 24.3 Å². The smallest absolute Gasteiger partial charge is 0.233 e. The summed E-state index contributed by atoms with van der Waals surface area (Å²) in [6.45, 7) is 2.00. The number of ether oxygens (including phenoxy) is 1. The van der Waals surface area contributed by atoms with Gasteiger partial charge in [0.1, 0.15) is 30.1 Å². The fourth-order valence-electron chi connectivity index (χ4n) is 3.36. The first-order valence-corrected chi connectivity index (χ1v) is 8.90. The van der Waals surface area contributed by atoms with Gasteiger partial charge in [-0.1, -0.05) is 0 Å². The number of benzene rings is 1. The quantitative estimate of drug-likeness (QED) is 0.594. The van der Waals surface area contributed by atoms with E-state index in [0.29, 0.717) is 17.7 Å². The Bertz CT molecular complexity index is 1040. The highest BCUT2D eigenvalue weighted by Crippen LogP contribution is 2.29. The lowest BCUT2D eigenvalue weighted by Gasteiger charge is -2.23. The zero-order chi connectivity index (χ0) is 18.1. The average molecular weight is 362 g/mol. The normalized spacial score (nSPS) is 15.3. The molecule has 136 valence electrons. The zero-order valence-electron chi connectivity index (χ0n) is 14.6. The lowest BCUT2D eigenvalue weighted by molar-refractivity contribution is 0.349. The summed E-state index contributed by atoms with van der Waals surface area (Å²) in [7, 11) is 0. The van der Waals surface area contributed by atoms with Gasteiger partial charge in [0, 0.05) is 0 Å². The van der Waals surface area contributed by atoms with Crippen LogP contribution < -0.4 is 10.1 Å². The molecule has 1 fully saturated rings. The highest BCUT2D eigenvalue weighted by Gasteiger charge is 2.20. The Morgan fingerprint density at radius 2 is 1.85 bits per heavy atom. The number of rotatable bonds is 4. The molecule has 0 spiro atoms. The molecule has 0 atom stereocenters. The topological polar surface area (TPSA) is 95.6 Å². The van der Waals surface area contributed by atoms with Crippen molar-refractivity contribution in [2.24, 2.45) is 0 Å². The maximum absolute atomic E-state index is 6.00. The minimum Gasteiger partial charge on any atom is -0.438 e. The minimum atomic E-state index is 0.355. The summed E-state index contributed by atoms with van der Waals surface area (Å²) in [6.07, 6.45) is 8.56. The molecule has 1 aliphatic rings. The molecule has 4 heterocycles. The van der Waals surface area contributed by atoms with E-state index in [4.69, 9.17) is 4.74 Å². The molecule has 4 aromatic rings. The van der Waals surface area contributed by atoms with E-state index in [0.717, 1.165) is 42.7 Å². The van der Waals surface area contributed by atoms with Crippen LogP contribution in [0.4, 0.5) is 0 Å². The van der Waals surface area contributed by atoms with Gasteiger partial charge in [0.05, 0.1) is 17.9 Å². The van der Waals surface area contributed by atoms with E-state index in [1.54, 1.807) is 17.2 Å². The Hall–Kier alpha value is -3.33. The van der Waals surface area contributed by atoms with E-state index in [9.17, 15) is 0 Å². The summed E-state index contributed by atoms with van der Waals surface area (Å²) in [4.78, 5) is 12.7. The third kappa shape index (κ3) is 3.02. The van der Waals surface area contributed by atoms with Crippen molar-refractivity contribution in [1.82, 2.24) is 39.8 Å². The predicted octanol–water partition coefficient (Wildman–Crippen LogP) is 2.12. The van der Waals surface area contributed by atoms with Gasteiger partial charge in [0.25, 0.3) is 0 Å². The summed E-state index contributed by atoms with van der Waals surface area (Å²) >= 11 is 0. The van der Waals surface area contributed by atoms with E-state index >= 15 is 0 Å². The second-order valence-electron chi connectivity index (χ2n) is 6.42. The Labute approximate surface area is 155 Å². The van der Waals surface area contributed by atoms with Gasteiger partial charge < -0.3 is 10.1 Å². The molecule has 5 rings (SSSR count). The third-order valence-electron chi connectivity index (χ3n) is 4.74. The lowest BCUT2D eigenvalue weighted by Crippen LogP contribution is -2.29. The van der Waals surface area contributed by atoms with Crippen LogP contribution in [0.25, 0.3) is 16.7 Å². The molecule has 0 unspecified atom stereocenters. The fourth-order valence-corrected chi connectivity index (χ4v) is 3.36. The van der Waals surface area contributed by atoms with Crippen LogP contribution in [0.5, 0.6) is 11.6 Å². The molecule has 1 aromatic carbocycles. The van der Waals surface area contributed by atoms with E-state index in [1.807, 2.05) is 28.9 Å². The molecule has 0 aliphatic carbocycles. The van der Waals surface area contributed by atoms with Gasteiger partial charge in [-0.05, 0) is 50.2 Å². The fraction of sp³-hybridized carbons (Fsp3) is 0.278. The molecule has 1 saturated heterocycles. The Morgan fingerprint density at radius 3 is 2.63 bits per heavy atom. The Kier molecular flexibility index (Phi) is 3.98. The van der Waals surface area contributed by atoms with Gasteiger partial charge in [-0.15, -0.1) is 0 Å². The monoisotopic (exact) mass is 362 g/mol. The van der Waals surface area contributed by atoms with Crippen LogP contribution in [0.15, 0.2) is 49.4 Å². The first kappa shape index (κ1) is 15.9. The highest BCUT2D eigenvalue weighted by molar-refractivity contribution is 5.80. The van der Waals surface area contributed by atoms with Crippen LogP contribution in [-0.2, 0) is 0 Å². The predicted molar refractivity (Wildman–Crippen MR) is 97.9 cm³/mol. The van der Waals surface area contributed by atoms with Crippen LogP contribution in [-0.4, -0.2) is 47.6 Å². The second kappa shape index (κ2) is 6.76. The number of hydrogen-bond donors (Lipinski definition) is 1. The van der Waals surface area contributed by atoms with Crippen LogP contribution in [0.1, 0.15) is 18.9 Å². The van der Waals surface area contributed by atoms with Crippen molar-refractivity contribution >= 4 is 11.0 Å². The minimum absolute atomic E-state index is 0.355. The Balaban J connectivity index is 1.42. The van der Waals surface area contributed by atoms with Gasteiger partial charge in [-0.2, -0.15) is 10.2 Å².